The van der Waals surface area contributed by atoms with Gasteiger partial charge in [-0.25, -0.2) is 9.18 Å². The summed E-state index contributed by atoms with van der Waals surface area (Å²) in [5.74, 6) is -1.60. The van der Waals surface area contributed by atoms with Gasteiger partial charge in [-0.2, -0.15) is 0 Å². The van der Waals surface area contributed by atoms with Crippen LogP contribution < -0.4 is 4.74 Å². The van der Waals surface area contributed by atoms with Crippen molar-refractivity contribution < 1.29 is 23.8 Å². The molecule has 0 radical (unpaired) electrons. The molecule has 1 aliphatic rings. The number of hydrogen-bond acceptors (Lipinski definition) is 3. The number of benzene rings is 1. The summed E-state index contributed by atoms with van der Waals surface area (Å²) in [5.41, 5.74) is -0.194. The second kappa shape index (κ2) is 5.14. The minimum atomic E-state index is -1.22. The molecule has 4 nitrogen and oxygen atoms in total. The average molecular weight is 240 g/mol. The van der Waals surface area contributed by atoms with Gasteiger partial charge in [-0.05, 0) is 30.9 Å². The molecule has 1 fully saturated rings. The molecule has 0 heterocycles. The van der Waals surface area contributed by atoms with Crippen molar-refractivity contribution in [3.63, 3.8) is 0 Å². The van der Waals surface area contributed by atoms with Crippen molar-refractivity contribution in [3.05, 3.63) is 29.6 Å². The normalized spacial score (nSPS) is 14.6. The maximum Gasteiger partial charge on any atom is 0.339 e. The minimum absolute atomic E-state index is 0.127. The first-order valence-electron chi connectivity index (χ1n) is 5.41. The number of hydrogen-bond donors (Lipinski definition) is 1. The van der Waals surface area contributed by atoms with Crippen LogP contribution in [-0.2, 0) is 4.74 Å². The Bertz CT molecular complexity index is 415. The topological polar surface area (TPSA) is 55.8 Å². The summed E-state index contributed by atoms with van der Waals surface area (Å²) in [7, 11) is 0. The van der Waals surface area contributed by atoms with Crippen molar-refractivity contribution in [2.45, 2.75) is 12.8 Å². The largest absolute Gasteiger partial charge is 0.478 e. The van der Waals surface area contributed by atoms with Crippen LogP contribution in [0.3, 0.4) is 0 Å². The predicted molar refractivity (Wildman–Crippen MR) is 57.5 cm³/mol. The van der Waals surface area contributed by atoms with E-state index >= 15 is 0 Å². The Kier molecular flexibility index (Phi) is 3.58. The lowest BCUT2D eigenvalue weighted by atomic mass is 10.2. The van der Waals surface area contributed by atoms with Crippen LogP contribution in [0.4, 0.5) is 4.39 Å². The van der Waals surface area contributed by atoms with E-state index < -0.39 is 11.8 Å². The van der Waals surface area contributed by atoms with Gasteiger partial charge in [0.25, 0.3) is 0 Å². The summed E-state index contributed by atoms with van der Waals surface area (Å²) in [6, 6.07) is 3.78. The Labute approximate surface area is 98.0 Å². The van der Waals surface area contributed by atoms with Gasteiger partial charge in [0.05, 0.1) is 6.61 Å². The molecular weight excluding hydrogens is 227 g/mol. The van der Waals surface area contributed by atoms with Crippen molar-refractivity contribution in [1.82, 2.24) is 0 Å². The first kappa shape index (κ1) is 11.9. The predicted octanol–water partition coefficient (Wildman–Crippen LogP) is 2.29. The lowest BCUT2D eigenvalue weighted by molar-refractivity contribution is 0.00710. The van der Waals surface area contributed by atoms with Gasteiger partial charge in [-0.1, -0.05) is 6.07 Å². The van der Waals surface area contributed by atoms with E-state index in [1.54, 1.807) is 0 Å². The fraction of sp³-hybridized carbons (Fsp3) is 0.417. The zero-order valence-corrected chi connectivity index (χ0v) is 9.19. The van der Waals surface area contributed by atoms with Gasteiger partial charge in [-0.15, -0.1) is 0 Å². The first-order chi connectivity index (χ1) is 8.18. The number of carbonyl (C=O) groups is 1. The van der Waals surface area contributed by atoms with Crippen molar-refractivity contribution in [2.24, 2.45) is 5.92 Å². The van der Waals surface area contributed by atoms with E-state index in [1.165, 1.54) is 12.1 Å². The van der Waals surface area contributed by atoms with E-state index in [0.717, 1.165) is 18.9 Å². The van der Waals surface area contributed by atoms with Gasteiger partial charge < -0.3 is 14.6 Å². The molecule has 1 aromatic carbocycles. The third kappa shape index (κ3) is 3.17. The molecule has 0 atom stereocenters. The zero-order chi connectivity index (χ0) is 12.3. The summed E-state index contributed by atoms with van der Waals surface area (Å²) in [5, 5.41) is 8.86. The molecule has 0 spiro atoms. The molecule has 0 amide bonds. The highest BCUT2D eigenvalue weighted by Gasteiger charge is 2.21. The molecule has 1 aromatic rings. The van der Waals surface area contributed by atoms with E-state index in [2.05, 4.69) is 0 Å². The second-order valence-corrected chi connectivity index (χ2v) is 4.00. The summed E-state index contributed by atoms with van der Waals surface area (Å²) >= 11 is 0. The highest BCUT2D eigenvalue weighted by atomic mass is 19.1. The summed E-state index contributed by atoms with van der Waals surface area (Å²) in [6.07, 6.45) is 2.31. The van der Waals surface area contributed by atoms with Crippen LogP contribution in [0.25, 0.3) is 0 Å². The minimum Gasteiger partial charge on any atom is -0.478 e. The molecule has 5 heteroatoms. The fourth-order valence-corrected chi connectivity index (χ4v) is 1.42. The van der Waals surface area contributed by atoms with Crippen LogP contribution in [0, 0.1) is 11.7 Å². The standard InChI is InChI=1S/C12H13FO4/c13-10-3-1-2-9(12(14)15)11(10)17-7-16-6-8-4-5-8/h1-3,8H,4-7H2,(H,14,15). The monoisotopic (exact) mass is 240 g/mol. The molecule has 0 saturated heterocycles. The van der Waals surface area contributed by atoms with Crippen LogP contribution in [0.2, 0.25) is 0 Å². The van der Waals surface area contributed by atoms with Gasteiger partial charge in [0.15, 0.2) is 18.4 Å². The van der Waals surface area contributed by atoms with Crippen LogP contribution in [0.1, 0.15) is 23.2 Å². The van der Waals surface area contributed by atoms with Gasteiger partial charge in [0, 0.05) is 0 Å². The Balaban J connectivity index is 1.94. The van der Waals surface area contributed by atoms with Gasteiger partial charge in [0.2, 0.25) is 0 Å². The SMILES string of the molecule is O=C(O)c1cccc(F)c1OCOCC1CC1. The molecule has 17 heavy (non-hydrogen) atoms. The smallest absolute Gasteiger partial charge is 0.339 e. The molecule has 1 N–H and O–H groups in total. The van der Waals surface area contributed by atoms with Crippen molar-refractivity contribution in [2.75, 3.05) is 13.4 Å². The van der Waals surface area contributed by atoms with E-state index in [1.807, 2.05) is 0 Å². The van der Waals surface area contributed by atoms with Crippen LogP contribution in [0.5, 0.6) is 5.75 Å². The molecule has 2 rings (SSSR count). The third-order valence-electron chi connectivity index (χ3n) is 2.53. The second-order valence-electron chi connectivity index (χ2n) is 4.00. The lowest BCUT2D eigenvalue weighted by Gasteiger charge is -2.10. The molecule has 1 aliphatic carbocycles. The van der Waals surface area contributed by atoms with Crippen molar-refractivity contribution >= 4 is 5.97 Å². The molecule has 0 unspecified atom stereocenters. The number of halogens is 1. The number of para-hydroxylation sites is 1. The number of rotatable bonds is 6. The summed E-state index contributed by atoms with van der Waals surface area (Å²) < 4.78 is 23.6. The van der Waals surface area contributed by atoms with Crippen molar-refractivity contribution in [3.8, 4) is 5.75 Å². The van der Waals surface area contributed by atoms with Crippen LogP contribution in [-0.4, -0.2) is 24.5 Å². The van der Waals surface area contributed by atoms with Crippen LogP contribution in [0.15, 0.2) is 18.2 Å². The maximum atomic E-state index is 13.4. The van der Waals surface area contributed by atoms with E-state index in [0.29, 0.717) is 12.5 Å². The average Bonchev–Trinajstić information content (AvgIpc) is 3.09. The Morgan fingerprint density at radius 1 is 1.47 bits per heavy atom. The summed E-state index contributed by atoms with van der Waals surface area (Å²) in [6.45, 7) is 0.453. The molecular formula is C12H13FO4. The molecule has 92 valence electrons. The van der Waals surface area contributed by atoms with E-state index in [-0.39, 0.29) is 18.1 Å². The van der Waals surface area contributed by atoms with Crippen LogP contribution >= 0.6 is 0 Å². The third-order valence-corrected chi connectivity index (χ3v) is 2.53. The number of aromatic carboxylic acids is 1. The van der Waals surface area contributed by atoms with E-state index in [4.69, 9.17) is 14.6 Å². The number of carboxylic acid groups (broad SMARTS) is 1. The molecule has 0 aromatic heterocycles. The summed E-state index contributed by atoms with van der Waals surface area (Å²) in [4.78, 5) is 10.8. The van der Waals surface area contributed by atoms with Gasteiger partial charge in [0.1, 0.15) is 5.56 Å². The number of carboxylic acids is 1. The highest BCUT2D eigenvalue weighted by molar-refractivity contribution is 5.90. The Morgan fingerprint density at radius 2 is 2.24 bits per heavy atom. The fourth-order valence-electron chi connectivity index (χ4n) is 1.42. The molecule has 0 aliphatic heterocycles. The lowest BCUT2D eigenvalue weighted by Crippen LogP contribution is -2.09. The highest BCUT2D eigenvalue weighted by Crippen LogP contribution is 2.29. The van der Waals surface area contributed by atoms with Gasteiger partial charge in [-0.3, -0.25) is 0 Å². The van der Waals surface area contributed by atoms with E-state index in [9.17, 15) is 9.18 Å². The Hall–Kier alpha value is -1.62. The zero-order valence-electron chi connectivity index (χ0n) is 9.19. The molecule has 0 bridgehead atoms. The Morgan fingerprint density at radius 3 is 2.88 bits per heavy atom. The number of ether oxygens (including phenoxy) is 2. The van der Waals surface area contributed by atoms with Crippen molar-refractivity contribution in [1.29, 1.82) is 0 Å². The molecule has 1 saturated carbocycles. The van der Waals surface area contributed by atoms with Gasteiger partial charge >= 0.3 is 5.97 Å². The first-order valence-corrected chi connectivity index (χ1v) is 5.41. The quantitative estimate of drug-likeness (QED) is 0.612. The maximum absolute atomic E-state index is 13.4.